The molecular formula is C30H41F3N2O2. The molecule has 0 amide bonds. The molecular weight excluding hydrogens is 477 g/mol. The van der Waals surface area contributed by atoms with Crippen LogP contribution in [0, 0.1) is 11.8 Å². The average molecular weight is 519 g/mol. The highest BCUT2D eigenvalue weighted by molar-refractivity contribution is 5.76. The van der Waals surface area contributed by atoms with E-state index >= 15 is 0 Å². The highest BCUT2D eigenvalue weighted by Crippen LogP contribution is 2.42. The molecule has 7 heteroatoms. The van der Waals surface area contributed by atoms with E-state index in [9.17, 15) is 18.0 Å². The smallest absolute Gasteiger partial charge is 0.392 e. The van der Waals surface area contributed by atoms with Crippen molar-refractivity contribution >= 4 is 5.97 Å². The SMILES string of the molecule is CCCCCCCCCCCCc1cnc(-c2ccc(OC(=O)C3CCCCC3C(F)(F)F)cc2)nc1. The standard InChI is InChI=1S/C30H41F3N2O2/c1-2-3-4-5-6-7-8-9-10-11-14-23-21-34-28(35-22-23)24-17-19-25(20-18-24)37-29(36)26-15-12-13-16-27(26)30(31,32)33/h17-22,26-27H,2-16H2,1H3. The third-order valence-corrected chi connectivity index (χ3v) is 7.34. The van der Waals surface area contributed by atoms with E-state index in [1.54, 1.807) is 24.3 Å². The zero-order valence-electron chi connectivity index (χ0n) is 22.1. The van der Waals surface area contributed by atoms with Crippen molar-refractivity contribution in [3.8, 4) is 17.1 Å². The molecule has 2 unspecified atom stereocenters. The van der Waals surface area contributed by atoms with Gasteiger partial charge in [-0.2, -0.15) is 13.2 Å². The number of unbranched alkanes of at least 4 members (excludes halogenated alkanes) is 9. The highest BCUT2D eigenvalue weighted by Gasteiger charge is 2.48. The van der Waals surface area contributed by atoms with Gasteiger partial charge in [-0.25, -0.2) is 9.97 Å². The lowest BCUT2D eigenvalue weighted by Crippen LogP contribution is -2.39. The summed E-state index contributed by atoms with van der Waals surface area (Å²) in [5.74, 6) is -2.77. The second-order valence-corrected chi connectivity index (χ2v) is 10.3. The molecule has 1 aromatic carbocycles. The number of alkyl halides is 3. The van der Waals surface area contributed by atoms with Gasteiger partial charge >= 0.3 is 12.1 Å². The number of carbonyl (C=O) groups is 1. The summed E-state index contributed by atoms with van der Waals surface area (Å²) in [7, 11) is 0. The van der Waals surface area contributed by atoms with Gasteiger partial charge in [0.05, 0.1) is 11.8 Å². The molecule has 1 aliphatic carbocycles. The van der Waals surface area contributed by atoms with Crippen molar-refractivity contribution in [3.63, 3.8) is 0 Å². The summed E-state index contributed by atoms with van der Waals surface area (Å²) in [6.45, 7) is 2.25. The van der Waals surface area contributed by atoms with Crippen LogP contribution in [-0.2, 0) is 11.2 Å². The van der Waals surface area contributed by atoms with Crippen LogP contribution in [0.2, 0.25) is 0 Å². The predicted molar refractivity (Wildman–Crippen MR) is 140 cm³/mol. The summed E-state index contributed by atoms with van der Waals surface area (Å²) in [5, 5.41) is 0. The van der Waals surface area contributed by atoms with Crippen LogP contribution < -0.4 is 4.74 Å². The van der Waals surface area contributed by atoms with E-state index in [4.69, 9.17) is 4.74 Å². The van der Waals surface area contributed by atoms with Crippen molar-refractivity contribution in [2.45, 2.75) is 109 Å². The fraction of sp³-hybridized carbons (Fsp3) is 0.633. The Kier molecular flexibility index (Phi) is 11.9. The van der Waals surface area contributed by atoms with Crippen LogP contribution in [0.1, 0.15) is 102 Å². The van der Waals surface area contributed by atoms with Crippen LogP contribution in [0.25, 0.3) is 11.4 Å². The van der Waals surface area contributed by atoms with Gasteiger partial charge in [-0.15, -0.1) is 0 Å². The van der Waals surface area contributed by atoms with Crippen LogP contribution in [0.15, 0.2) is 36.7 Å². The van der Waals surface area contributed by atoms with Crippen LogP contribution in [-0.4, -0.2) is 22.1 Å². The van der Waals surface area contributed by atoms with Gasteiger partial charge in [-0.3, -0.25) is 4.79 Å². The third-order valence-electron chi connectivity index (χ3n) is 7.34. The lowest BCUT2D eigenvalue weighted by atomic mass is 9.79. The first kappa shape index (κ1) is 29.1. The van der Waals surface area contributed by atoms with Gasteiger partial charge in [0.2, 0.25) is 0 Å². The number of ether oxygens (including phenoxy) is 1. The quantitative estimate of drug-likeness (QED) is 0.142. The molecule has 1 saturated carbocycles. The maximum absolute atomic E-state index is 13.3. The number of aryl methyl sites for hydroxylation is 1. The number of carbonyl (C=O) groups excluding carboxylic acids is 1. The van der Waals surface area contributed by atoms with Gasteiger partial charge in [-0.1, -0.05) is 77.6 Å². The average Bonchev–Trinajstić information content (AvgIpc) is 2.90. The molecule has 0 radical (unpaired) electrons. The van der Waals surface area contributed by atoms with Gasteiger partial charge in [0, 0.05) is 18.0 Å². The van der Waals surface area contributed by atoms with Crippen molar-refractivity contribution in [1.29, 1.82) is 0 Å². The van der Waals surface area contributed by atoms with E-state index < -0.39 is 24.0 Å². The second kappa shape index (κ2) is 15.1. The topological polar surface area (TPSA) is 52.1 Å². The Balaban J connectivity index is 1.40. The van der Waals surface area contributed by atoms with E-state index in [2.05, 4.69) is 16.9 Å². The van der Waals surface area contributed by atoms with Gasteiger partial charge in [0.25, 0.3) is 0 Å². The number of halogens is 3. The zero-order chi connectivity index (χ0) is 26.5. The minimum atomic E-state index is -4.38. The molecule has 0 aliphatic heterocycles. The van der Waals surface area contributed by atoms with Crippen molar-refractivity contribution < 1.29 is 22.7 Å². The number of nitrogens with zero attached hydrogens (tertiary/aromatic N) is 2. The van der Waals surface area contributed by atoms with Crippen molar-refractivity contribution in [3.05, 3.63) is 42.2 Å². The van der Waals surface area contributed by atoms with Crippen LogP contribution >= 0.6 is 0 Å². The van der Waals surface area contributed by atoms with Gasteiger partial charge in [0.15, 0.2) is 5.82 Å². The lowest BCUT2D eigenvalue weighted by molar-refractivity contribution is -0.202. The first-order valence-electron chi connectivity index (χ1n) is 14.1. The van der Waals surface area contributed by atoms with Crippen LogP contribution in [0.5, 0.6) is 5.75 Å². The fourth-order valence-corrected chi connectivity index (χ4v) is 5.12. The summed E-state index contributed by atoms with van der Waals surface area (Å²) in [6.07, 6.45) is 14.6. The fourth-order valence-electron chi connectivity index (χ4n) is 5.12. The molecule has 1 fully saturated rings. The molecule has 3 rings (SSSR count). The van der Waals surface area contributed by atoms with Crippen molar-refractivity contribution in [2.75, 3.05) is 0 Å². The Morgan fingerprint density at radius 2 is 1.43 bits per heavy atom. The van der Waals surface area contributed by atoms with Gasteiger partial charge < -0.3 is 4.74 Å². The molecule has 1 aliphatic rings. The normalized spacial score (nSPS) is 18.1. The van der Waals surface area contributed by atoms with E-state index in [1.165, 1.54) is 57.8 Å². The minimum absolute atomic E-state index is 0.0191. The zero-order valence-corrected chi connectivity index (χ0v) is 22.1. The largest absolute Gasteiger partial charge is 0.426 e. The molecule has 1 aromatic heterocycles. The van der Waals surface area contributed by atoms with Gasteiger partial charge in [-0.05, 0) is 55.5 Å². The van der Waals surface area contributed by atoms with Gasteiger partial charge in [0.1, 0.15) is 5.75 Å². The maximum atomic E-state index is 13.3. The lowest BCUT2D eigenvalue weighted by Gasteiger charge is -2.31. The van der Waals surface area contributed by atoms with E-state index in [-0.39, 0.29) is 18.6 Å². The summed E-state index contributed by atoms with van der Waals surface area (Å²) in [6, 6.07) is 6.61. The number of rotatable bonds is 14. The summed E-state index contributed by atoms with van der Waals surface area (Å²) < 4.78 is 45.3. The molecule has 0 spiro atoms. The number of benzene rings is 1. The number of hydrogen-bond donors (Lipinski definition) is 0. The third kappa shape index (κ3) is 9.75. The predicted octanol–water partition coefficient (Wildman–Crippen LogP) is 8.88. The maximum Gasteiger partial charge on any atom is 0.392 e. The molecule has 0 bridgehead atoms. The highest BCUT2D eigenvalue weighted by atomic mass is 19.4. The second-order valence-electron chi connectivity index (χ2n) is 10.3. The molecule has 0 N–H and O–H groups in total. The Morgan fingerprint density at radius 1 is 0.865 bits per heavy atom. The Hall–Kier alpha value is -2.44. The molecule has 0 saturated heterocycles. The molecule has 2 aromatic rings. The number of aromatic nitrogens is 2. The molecule has 2 atom stereocenters. The van der Waals surface area contributed by atoms with E-state index in [0.29, 0.717) is 18.7 Å². The molecule has 1 heterocycles. The Morgan fingerprint density at radius 3 is 2.03 bits per heavy atom. The number of esters is 1. The first-order valence-corrected chi connectivity index (χ1v) is 14.1. The van der Waals surface area contributed by atoms with Crippen molar-refractivity contribution in [1.82, 2.24) is 9.97 Å². The van der Waals surface area contributed by atoms with Crippen LogP contribution in [0.4, 0.5) is 13.2 Å². The number of hydrogen-bond acceptors (Lipinski definition) is 4. The van der Waals surface area contributed by atoms with Crippen molar-refractivity contribution in [2.24, 2.45) is 11.8 Å². The minimum Gasteiger partial charge on any atom is -0.426 e. The Bertz CT molecular complexity index is 929. The summed E-state index contributed by atoms with van der Waals surface area (Å²) in [4.78, 5) is 21.4. The van der Waals surface area contributed by atoms with E-state index in [0.717, 1.165) is 24.0 Å². The molecule has 37 heavy (non-hydrogen) atoms. The summed E-state index contributed by atoms with van der Waals surface area (Å²) >= 11 is 0. The summed E-state index contributed by atoms with van der Waals surface area (Å²) in [5.41, 5.74) is 1.87. The first-order chi connectivity index (χ1) is 17.9. The molecule has 4 nitrogen and oxygen atoms in total. The Labute approximate surface area is 219 Å². The van der Waals surface area contributed by atoms with Crippen LogP contribution in [0.3, 0.4) is 0 Å². The van der Waals surface area contributed by atoms with E-state index in [1.807, 2.05) is 12.4 Å². The molecule has 204 valence electrons. The monoisotopic (exact) mass is 518 g/mol.